The van der Waals surface area contributed by atoms with E-state index in [1.807, 2.05) is 30.3 Å². The molecule has 5 nitrogen and oxygen atoms in total. The van der Waals surface area contributed by atoms with Crippen molar-refractivity contribution in [3.05, 3.63) is 54.0 Å². The molecule has 0 spiro atoms. The molecule has 0 amide bonds. The highest BCUT2D eigenvalue weighted by atomic mass is 19.1. The standard InChI is InChI=1S/C15H15FN2O3/c16-13-12(15(19)20)7-9-18-14(13)17-8-4-10-21-11-5-2-1-3-6-11/h1-3,5-7,9H,4,8,10H2,(H,17,18)(H,19,20). The third-order valence-corrected chi connectivity index (χ3v) is 2.75. The second-order valence-corrected chi connectivity index (χ2v) is 4.27. The Morgan fingerprint density at radius 3 is 2.76 bits per heavy atom. The van der Waals surface area contributed by atoms with Gasteiger partial charge in [0, 0.05) is 12.7 Å². The lowest BCUT2D eigenvalue weighted by Gasteiger charge is -2.09. The monoisotopic (exact) mass is 290 g/mol. The number of halogens is 1. The smallest absolute Gasteiger partial charge is 0.338 e. The molecule has 0 aliphatic rings. The van der Waals surface area contributed by atoms with Crippen molar-refractivity contribution in [2.45, 2.75) is 6.42 Å². The number of benzene rings is 1. The summed E-state index contributed by atoms with van der Waals surface area (Å²) in [5, 5.41) is 11.6. The summed E-state index contributed by atoms with van der Waals surface area (Å²) >= 11 is 0. The van der Waals surface area contributed by atoms with Crippen LogP contribution < -0.4 is 10.1 Å². The summed E-state index contributed by atoms with van der Waals surface area (Å²) in [4.78, 5) is 14.6. The van der Waals surface area contributed by atoms with Gasteiger partial charge in [-0.2, -0.15) is 0 Å². The zero-order valence-corrected chi connectivity index (χ0v) is 11.3. The summed E-state index contributed by atoms with van der Waals surface area (Å²) in [5.41, 5.74) is -0.395. The molecule has 0 unspecified atom stereocenters. The van der Waals surface area contributed by atoms with Crippen LogP contribution in [0, 0.1) is 5.82 Å². The van der Waals surface area contributed by atoms with Gasteiger partial charge < -0.3 is 15.2 Å². The Hall–Kier alpha value is -2.63. The molecule has 1 heterocycles. The number of carbonyl (C=O) groups is 1. The minimum atomic E-state index is -1.31. The maximum atomic E-state index is 13.8. The van der Waals surface area contributed by atoms with Gasteiger partial charge in [-0.25, -0.2) is 14.2 Å². The van der Waals surface area contributed by atoms with Crippen LogP contribution in [-0.4, -0.2) is 29.2 Å². The lowest BCUT2D eigenvalue weighted by molar-refractivity contribution is 0.0692. The number of hydrogen-bond donors (Lipinski definition) is 2. The first-order valence-corrected chi connectivity index (χ1v) is 6.48. The molecule has 0 saturated carbocycles. The Morgan fingerprint density at radius 1 is 1.29 bits per heavy atom. The van der Waals surface area contributed by atoms with Gasteiger partial charge in [-0.3, -0.25) is 0 Å². The number of ether oxygens (including phenoxy) is 1. The van der Waals surface area contributed by atoms with Crippen LogP contribution in [0.5, 0.6) is 5.75 Å². The average molecular weight is 290 g/mol. The molecular weight excluding hydrogens is 275 g/mol. The molecule has 21 heavy (non-hydrogen) atoms. The molecule has 0 aliphatic heterocycles. The van der Waals surface area contributed by atoms with Gasteiger partial charge in [0.15, 0.2) is 11.6 Å². The molecule has 0 radical (unpaired) electrons. The van der Waals surface area contributed by atoms with E-state index in [0.717, 1.165) is 11.8 Å². The van der Waals surface area contributed by atoms with Gasteiger partial charge in [0.1, 0.15) is 11.3 Å². The molecular formula is C15H15FN2O3. The van der Waals surface area contributed by atoms with E-state index in [1.54, 1.807) is 0 Å². The van der Waals surface area contributed by atoms with Crippen molar-refractivity contribution in [2.24, 2.45) is 0 Å². The molecule has 2 N–H and O–H groups in total. The summed E-state index contributed by atoms with van der Waals surface area (Å²) in [6, 6.07) is 10.5. The molecule has 110 valence electrons. The van der Waals surface area contributed by atoms with E-state index in [9.17, 15) is 9.18 Å². The number of nitrogens with zero attached hydrogens (tertiary/aromatic N) is 1. The lowest BCUT2D eigenvalue weighted by Crippen LogP contribution is -2.11. The van der Waals surface area contributed by atoms with Crippen molar-refractivity contribution in [2.75, 3.05) is 18.5 Å². The highest BCUT2D eigenvalue weighted by Crippen LogP contribution is 2.15. The third kappa shape index (κ3) is 4.17. The van der Waals surface area contributed by atoms with Crippen LogP contribution in [0.3, 0.4) is 0 Å². The summed E-state index contributed by atoms with van der Waals surface area (Å²) in [7, 11) is 0. The molecule has 2 aromatic rings. The number of carboxylic acid groups (broad SMARTS) is 1. The van der Waals surface area contributed by atoms with Gasteiger partial charge in [-0.15, -0.1) is 0 Å². The second-order valence-electron chi connectivity index (χ2n) is 4.27. The minimum Gasteiger partial charge on any atom is -0.494 e. The number of rotatable bonds is 7. The summed E-state index contributed by atoms with van der Waals surface area (Å²) in [6.45, 7) is 0.900. The Balaban J connectivity index is 1.79. The molecule has 1 aromatic carbocycles. The number of aromatic nitrogens is 1. The van der Waals surface area contributed by atoms with Crippen molar-refractivity contribution in [1.29, 1.82) is 0 Å². The topological polar surface area (TPSA) is 71.5 Å². The Morgan fingerprint density at radius 2 is 2.05 bits per heavy atom. The predicted molar refractivity (Wildman–Crippen MR) is 76.2 cm³/mol. The summed E-state index contributed by atoms with van der Waals surface area (Å²) in [6.07, 6.45) is 1.89. The predicted octanol–water partition coefficient (Wildman–Crippen LogP) is 2.80. The fourth-order valence-electron chi connectivity index (χ4n) is 1.72. The molecule has 2 rings (SSSR count). The number of anilines is 1. The SMILES string of the molecule is O=C(O)c1ccnc(NCCCOc2ccccc2)c1F. The van der Waals surface area contributed by atoms with Crippen LogP contribution in [-0.2, 0) is 0 Å². The molecule has 0 bridgehead atoms. The van der Waals surface area contributed by atoms with Crippen molar-refractivity contribution >= 4 is 11.8 Å². The lowest BCUT2D eigenvalue weighted by atomic mass is 10.2. The quantitative estimate of drug-likeness (QED) is 0.767. The Labute approximate surface area is 121 Å². The van der Waals surface area contributed by atoms with Gasteiger partial charge in [0.25, 0.3) is 0 Å². The zero-order valence-electron chi connectivity index (χ0n) is 11.3. The van der Waals surface area contributed by atoms with Gasteiger partial charge in [0.05, 0.1) is 6.61 Å². The first-order chi connectivity index (χ1) is 10.2. The largest absolute Gasteiger partial charge is 0.494 e. The Bertz CT molecular complexity index is 605. The Kier molecular flexibility index (Phi) is 5.09. The van der Waals surface area contributed by atoms with Gasteiger partial charge >= 0.3 is 5.97 Å². The second kappa shape index (κ2) is 7.23. The highest BCUT2D eigenvalue weighted by molar-refractivity contribution is 5.88. The molecule has 0 saturated heterocycles. The molecule has 0 aliphatic carbocycles. The zero-order chi connectivity index (χ0) is 15.1. The fourth-order valence-corrected chi connectivity index (χ4v) is 1.72. The average Bonchev–Trinajstić information content (AvgIpc) is 2.49. The van der Waals surface area contributed by atoms with Crippen molar-refractivity contribution in [3.63, 3.8) is 0 Å². The number of carboxylic acids is 1. The van der Waals surface area contributed by atoms with E-state index >= 15 is 0 Å². The number of pyridine rings is 1. The molecule has 1 aromatic heterocycles. The molecule has 0 atom stereocenters. The minimum absolute atomic E-state index is 0.0605. The van der Waals surface area contributed by atoms with E-state index in [-0.39, 0.29) is 5.82 Å². The first-order valence-electron chi connectivity index (χ1n) is 6.48. The van der Waals surface area contributed by atoms with E-state index < -0.39 is 17.3 Å². The maximum absolute atomic E-state index is 13.8. The van der Waals surface area contributed by atoms with Gasteiger partial charge in [-0.1, -0.05) is 18.2 Å². The van der Waals surface area contributed by atoms with Gasteiger partial charge in [0.2, 0.25) is 0 Å². The van der Waals surface area contributed by atoms with Crippen molar-refractivity contribution in [3.8, 4) is 5.75 Å². The van der Waals surface area contributed by atoms with Crippen LogP contribution in [0.25, 0.3) is 0 Å². The van der Waals surface area contributed by atoms with Gasteiger partial charge in [-0.05, 0) is 24.6 Å². The third-order valence-electron chi connectivity index (χ3n) is 2.75. The summed E-state index contributed by atoms with van der Waals surface area (Å²) < 4.78 is 19.2. The molecule has 6 heteroatoms. The van der Waals surface area contributed by atoms with Crippen LogP contribution in [0.2, 0.25) is 0 Å². The number of hydrogen-bond acceptors (Lipinski definition) is 4. The first kappa shape index (κ1) is 14.8. The van der Waals surface area contributed by atoms with E-state index in [1.165, 1.54) is 6.20 Å². The highest BCUT2D eigenvalue weighted by Gasteiger charge is 2.14. The van der Waals surface area contributed by atoms with Crippen molar-refractivity contribution < 1.29 is 19.0 Å². The van der Waals surface area contributed by atoms with Crippen LogP contribution in [0.15, 0.2) is 42.6 Å². The maximum Gasteiger partial charge on any atom is 0.338 e. The van der Waals surface area contributed by atoms with E-state index in [4.69, 9.17) is 9.84 Å². The van der Waals surface area contributed by atoms with Crippen molar-refractivity contribution in [1.82, 2.24) is 4.98 Å². The normalized spacial score (nSPS) is 10.1. The number of aromatic carboxylic acids is 1. The molecule has 0 fully saturated rings. The summed E-state index contributed by atoms with van der Waals surface area (Å²) in [5.74, 6) is -1.45. The van der Waals surface area contributed by atoms with Crippen LogP contribution in [0.4, 0.5) is 10.2 Å². The van der Waals surface area contributed by atoms with E-state index in [0.29, 0.717) is 19.6 Å². The van der Waals surface area contributed by atoms with Crippen LogP contribution >= 0.6 is 0 Å². The van der Waals surface area contributed by atoms with E-state index in [2.05, 4.69) is 10.3 Å². The van der Waals surface area contributed by atoms with Crippen LogP contribution in [0.1, 0.15) is 16.8 Å². The number of nitrogens with one attached hydrogen (secondary N) is 1. The fraction of sp³-hybridized carbons (Fsp3) is 0.200. The number of para-hydroxylation sites is 1.